The number of hydrogen-bond donors (Lipinski definition) is 2. The molecule has 0 unspecified atom stereocenters. The predicted molar refractivity (Wildman–Crippen MR) is 84.3 cm³/mol. The van der Waals surface area contributed by atoms with Gasteiger partial charge < -0.3 is 10.6 Å². The number of aromatic nitrogens is 1. The minimum atomic E-state index is -0.0193. The van der Waals surface area contributed by atoms with E-state index in [2.05, 4.69) is 43.3 Å². The van der Waals surface area contributed by atoms with Gasteiger partial charge in [0.2, 0.25) is 0 Å². The second-order valence-electron chi connectivity index (χ2n) is 5.79. The summed E-state index contributed by atoms with van der Waals surface area (Å²) in [4.78, 5) is 16.7. The van der Waals surface area contributed by atoms with Gasteiger partial charge in [-0.25, -0.2) is 4.98 Å². The maximum absolute atomic E-state index is 12.2. The molecule has 0 aromatic carbocycles. The molecule has 0 aliphatic rings. The SMILES string of the molecule is CCNc1cc(C(=O)NCCC(C)C)cc(C(C)C)n1. The van der Waals surface area contributed by atoms with Gasteiger partial charge in [0.15, 0.2) is 0 Å². The van der Waals surface area contributed by atoms with Crippen LogP contribution in [0.1, 0.15) is 63.0 Å². The first-order valence-corrected chi connectivity index (χ1v) is 7.48. The molecule has 0 atom stereocenters. The number of rotatable bonds is 7. The summed E-state index contributed by atoms with van der Waals surface area (Å²) in [7, 11) is 0. The van der Waals surface area contributed by atoms with Crippen LogP contribution < -0.4 is 10.6 Å². The quantitative estimate of drug-likeness (QED) is 0.803. The third kappa shape index (κ3) is 5.19. The fraction of sp³-hybridized carbons (Fsp3) is 0.625. The highest BCUT2D eigenvalue weighted by molar-refractivity contribution is 5.95. The lowest BCUT2D eigenvalue weighted by molar-refractivity contribution is 0.0952. The molecule has 0 fully saturated rings. The summed E-state index contributed by atoms with van der Waals surface area (Å²) in [6.45, 7) is 12.0. The largest absolute Gasteiger partial charge is 0.370 e. The van der Waals surface area contributed by atoms with Crippen molar-refractivity contribution in [2.75, 3.05) is 18.4 Å². The molecule has 4 nitrogen and oxygen atoms in total. The minimum Gasteiger partial charge on any atom is -0.370 e. The number of pyridine rings is 1. The molecule has 0 radical (unpaired) electrons. The summed E-state index contributed by atoms with van der Waals surface area (Å²) in [6.07, 6.45) is 0.994. The number of amides is 1. The normalized spacial score (nSPS) is 10.9. The number of nitrogens with one attached hydrogen (secondary N) is 2. The molecule has 0 aliphatic carbocycles. The lowest BCUT2D eigenvalue weighted by Crippen LogP contribution is -2.25. The third-order valence-electron chi connectivity index (χ3n) is 3.06. The molecule has 1 amide bonds. The molecular formula is C16H27N3O. The molecule has 0 aliphatic heterocycles. The van der Waals surface area contributed by atoms with E-state index in [4.69, 9.17) is 0 Å². The van der Waals surface area contributed by atoms with Crippen molar-refractivity contribution in [2.24, 2.45) is 5.92 Å². The summed E-state index contributed by atoms with van der Waals surface area (Å²) in [5.74, 6) is 1.65. The van der Waals surface area contributed by atoms with Crippen molar-refractivity contribution in [3.05, 3.63) is 23.4 Å². The average Bonchev–Trinajstić information content (AvgIpc) is 2.38. The summed E-state index contributed by atoms with van der Waals surface area (Å²) in [5, 5.41) is 6.15. The zero-order chi connectivity index (χ0) is 15.1. The van der Waals surface area contributed by atoms with Crippen LogP contribution in [-0.2, 0) is 0 Å². The van der Waals surface area contributed by atoms with Crippen LogP contribution in [-0.4, -0.2) is 24.0 Å². The Bertz CT molecular complexity index is 441. The Balaban J connectivity index is 2.83. The van der Waals surface area contributed by atoms with Crippen LogP contribution in [0.25, 0.3) is 0 Å². The lowest BCUT2D eigenvalue weighted by atomic mass is 10.1. The molecular weight excluding hydrogens is 250 g/mol. The number of carbonyl (C=O) groups excluding carboxylic acids is 1. The smallest absolute Gasteiger partial charge is 0.251 e. The molecule has 2 N–H and O–H groups in total. The number of carbonyl (C=O) groups is 1. The van der Waals surface area contributed by atoms with E-state index in [1.54, 1.807) is 0 Å². The van der Waals surface area contributed by atoms with Crippen LogP contribution in [0, 0.1) is 5.92 Å². The molecule has 1 heterocycles. The molecule has 0 spiro atoms. The van der Waals surface area contributed by atoms with E-state index in [1.807, 2.05) is 19.1 Å². The molecule has 0 bridgehead atoms. The van der Waals surface area contributed by atoms with Crippen molar-refractivity contribution in [3.8, 4) is 0 Å². The Morgan fingerprint density at radius 1 is 1.25 bits per heavy atom. The molecule has 4 heteroatoms. The Morgan fingerprint density at radius 2 is 1.95 bits per heavy atom. The van der Waals surface area contributed by atoms with Crippen molar-refractivity contribution < 1.29 is 4.79 Å². The van der Waals surface area contributed by atoms with Crippen LogP contribution in [0.4, 0.5) is 5.82 Å². The Morgan fingerprint density at radius 3 is 2.50 bits per heavy atom. The van der Waals surface area contributed by atoms with Crippen LogP contribution in [0.15, 0.2) is 12.1 Å². The van der Waals surface area contributed by atoms with E-state index in [0.29, 0.717) is 23.9 Å². The van der Waals surface area contributed by atoms with Gasteiger partial charge in [0.1, 0.15) is 5.82 Å². The van der Waals surface area contributed by atoms with Crippen molar-refractivity contribution >= 4 is 11.7 Å². The van der Waals surface area contributed by atoms with Crippen LogP contribution in [0.5, 0.6) is 0 Å². The van der Waals surface area contributed by atoms with Gasteiger partial charge in [-0.05, 0) is 37.3 Å². The standard InChI is InChI=1S/C16H27N3O/c1-6-17-15-10-13(9-14(19-15)12(4)5)16(20)18-8-7-11(2)3/h9-12H,6-8H2,1-5H3,(H,17,19)(H,18,20). The molecule has 112 valence electrons. The van der Waals surface area contributed by atoms with E-state index in [-0.39, 0.29) is 5.91 Å². The first-order valence-electron chi connectivity index (χ1n) is 7.48. The second-order valence-corrected chi connectivity index (χ2v) is 5.79. The maximum Gasteiger partial charge on any atom is 0.251 e. The summed E-state index contributed by atoms with van der Waals surface area (Å²) in [6, 6.07) is 3.70. The van der Waals surface area contributed by atoms with Crippen LogP contribution in [0.2, 0.25) is 0 Å². The predicted octanol–water partition coefficient (Wildman–Crippen LogP) is 3.41. The molecule has 1 aromatic rings. The molecule has 20 heavy (non-hydrogen) atoms. The second kappa shape index (κ2) is 7.88. The average molecular weight is 277 g/mol. The van der Waals surface area contributed by atoms with E-state index >= 15 is 0 Å². The van der Waals surface area contributed by atoms with Gasteiger partial charge in [-0.2, -0.15) is 0 Å². The maximum atomic E-state index is 12.2. The van der Waals surface area contributed by atoms with E-state index < -0.39 is 0 Å². The van der Waals surface area contributed by atoms with Gasteiger partial charge in [-0.3, -0.25) is 4.79 Å². The van der Waals surface area contributed by atoms with Gasteiger partial charge in [0.05, 0.1) is 0 Å². The van der Waals surface area contributed by atoms with E-state index in [1.165, 1.54) is 0 Å². The summed E-state index contributed by atoms with van der Waals surface area (Å²) in [5.41, 5.74) is 1.63. The molecule has 0 saturated heterocycles. The highest BCUT2D eigenvalue weighted by Gasteiger charge is 2.11. The highest BCUT2D eigenvalue weighted by Crippen LogP contribution is 2.17. The topological polar surface area (TPSA) is 54.0 Å². The molecule has 0 saturated carbocycles. The van der Waals surface area contributed by atoms with Crippen LogP contribution in [0.3, 0.4) is 0 Å². The fourth-order valence-corrected chi connectivity index (χ4v) is 1.83. The lowest BCUT2D eigenvalue weighted by Gasteiger charge is -2.12. The van der Waals surface area contributed by atoms with Crippen molar-refractivity contribution in [1.29, 1.82) is 0 Å². The van der Waals surface area contributed by atoms with Crippen molar-refractivity contribution in [2.45, 2.75) is 47.0 Å². The first kappa shape index (κ1) is 16.5. The third-order valence-corrected chi connectivity index (χ3v) is 3.06. The molecule has 1 rings (SSSR count). The summed E-state index contributed by atoms with van der Waals surface area (Å²) >= 11 is 0. The number of hydrogen-bond acceptors (Lipinski definition) is 3. The van der Waals surface area contributed by atoms with Gasteiger partial charge in [-0.15, -0.1) is 0 Å². The number of anilines is 1. The minimum absolute atomic E-state index is 0.0193. The first-order chi connectivity index (χ1) is 9.43. The Kier molecular flexibility index (Phi) is 6.49. The van der Waals surface area contributed by atoms with E-state index in [0.717, 1.165) is 24.5 Å². The van der Waals surface area contributed by atoms with Crippen molar-refractivity contribution in [3.63, 3.8) is 0 Å². The van der Waals surface area contributed by atoms with Crippen LogP contribution >= 0.6 is 0 Å². The Labute approximate surface area is 122 Å². The fourth-order valence-electron chi connectivity index (χ4n) is 1.83. The summed E-state index contributed by atoms with van der Waals surface area (Å²) < 4.78 is 0. The highest BCUT2D eigenvalue weighted by atomic mass is 16.1. The Hall–Kier alpha value is -1.58. The van der Waals surface area contributed by atoms with Gasteiger partial charge in [0.25, 0.3) is 5.91 Å². The molecule has 1 aromatic heterocycles. The zero-order valence-corrected chi connectivity index (χ0v) is 13.3. The van der Waals surface area contributed by atoms with Gasteiger partial charge in [0, 0.05) is 24.3 Å². The van der Waals surface area contributed by atoms with E-state index in [9.17, 15) is 4.79 Å². The van der Waals surface area contributed by atoms with Gasteiger partial charge in [-0.1, -0.05) is 27.7 Å². The van der Waals surface area contributed by atoms with Gasteiger partial charge >= 0.3 is 0 Å². The monoisotopic (exact) mass is 277 g/mol. The number of nitrogens with zero attached hydrogens (tertiary/aromatic N) is 1. The van der Waals surface area contributed by atoms with Crippen molar-refractivity contribution in [1.82, 2.24) is 10.3 Å². The zero-order valence-electron chi connectivity index (χ0n) is 13.3.